The largest absolute Gasteiger partial charge is 0.322 e. The number of carbonyl (C=O) groups is 1. The van der Waals surface area contributed by atoms with E-state index in [0.717, 1.165) is 17.7 Å². The fourth-order valence-corrected chi connectivity index (χ4v) is 3.83. The van der Waals surface area contributed by atoms with Crippen LogP contribution in [0.3, 0.4) is 0 Å². The van der Waals surface area contributed by atoms with Crippen LogP contribution in [0.15, 0.2) is 77.7 Å². The van der Waals surface area contributed by atoms with E-state index in [9.17, 15) is 17.6 Å². The van der Waals surface area contributed by atoms with E-state index in [0.29, 0.717) is 16.9 Å². The second-order valence-electron chi connectivity index (χ2n) is 7.92. The number of hydrogen-bond donors (Lipinski definition) is 2. The molecule has 0 saturated carbocycles. The zero-order valence-corrected chi connectivity index (χ0v) is 17.8. The average Bonchev–Trinajstić information content (AvgIpc) is 2.69. The third-order valence-electron chi connectivity index (χ3n) is 4.53. The van der Waals surface area contributed by atoms with E-state index in [1.54, 1.807) is 36.4 Å². The maximum Gasteiger partial charge on any atom is 0.261 e. The highest BCUT2D eigenvalue weighted by Gasteiger charge is 2.16. The fraction of sp³-hybridized carbons (Fsp3) is 0.174. The molecule has 7 heteroatoms. The van der Waals surface area contributed by atoms with Crippen molar-refractivity contribution in [1.82, 2.24) is 0 Å². The van der Waals surface area contributed by atoms with Crippen LogP contribution in [0.25, 0.3) is 0 Å². The summed E-state index contributed by atoms with van der Waals surface area (Å²) in [6.45, 7) is 6.32. The summed E-state index contributed by atoms with van der Waals surface area (Å²) in [7, 11) is -3.83. The number of sulfonamides is 1. The topological polar surface area (TPSA) is 75.3 Å². The third-order valence-corrected chi connectivity index (χ3v) is 5.93. The molecule has 156 valence electrons. The molecule has 0 aliphatic rings. The molecule has 0 aliphatic carbocycles. The molecule has 0 fully saturated rings. The Bertz CT molecular complexity index is 1130. The molecule has 0 radical (unpaired) electrons. The predicted molar refractivity (Wildman–Crippen MR) is 117 cm³/mol. The molecular formula is C23H23FN2O3S. The van der Waals surface area contributed by atoms with Crippen LogP contribution < -0.4 is 10.0 Å². The van der Waals surface area contributed by atoms with Gasteiger partial charge in [0.15, 0.2) is 0 Å². The number of carbonyl (C=O) groups excluding carboxylic acids is 1. The van der Waals surface area contributed by atoms with E-state index in [-0.39, 0.29) is 16.2 Å². The molecule has 0 unspecified atom stereocenters. The van der Waals surface area contributed by atoms with Crippen LogP contribution in [0.4, 0.5) is 15.8 Å². The van der Waals surface area contributed by atoms with Gasteiger partial charge in [-0.15, -0.1) is 0 Å². The molecule has 5 nitrogen and oxygen atoms in total. The first kappa shape index (κ1) is 21.5. The number of halogens is 1. The first-order valence-electron chi connectivity index (χ1n) is 9.35. The van der Waals surface area contributed by atoms with Gasteiger partial charge in [-0.3, -0.25) is 9.52 Å². The van der Waals surface area contributed by atoms with E-state index in [1.165, 1.54) is 12.1 Å². The average molecular weight is 427 g/mol. The Hall–Kier alpha value is -3.19. The molecular weight excluding hydrogens is 403 g/mol. The van der Waals surface area contributed by atoms with Gasteiger partial charge in [0.2, 0.25) is 0 Å². The van der Waals surface area contributed by atoms with Crippen molar-refractivity contribution in [3.63, 3.8) is 0 Å². The van der Waals surface area contributed by atoms with Crippen LogP contribution in [-0.4, -0.2) is 14.3 Å². The lowest BCUT2D eigenvalue weighted by Gasteiger charge is -2.19. The Balaban J connectivity index is 1.67. The lowest BCUT2D eigenvalue weighted by molar-refractivity contribution is 0.102. The first-order valence-corrected chi connectivity index (χ1v) is 10.8. The lowest BCUT2D eigenvalue weighted by atomic mass is 9.87. The number of amides is 1. The number of benzene rings is 3. The van der Waals surface area contributed by atoms with E-state index >= 15 is 0 Å². The molecule has 3 aromatic rings. The zero-order chi connectivity index (χ0) is 21.9. The Morgan fingerprint density at radius 3 is 1.87 bits per heavy atom. The van der Waals surface area contributed by atoms with Crippen LogP contribution in [-0.2, 0) is 15.4 Å². The Morgan fingerprint density at radius 2 is 1.33 bits per heavy atom. The maximum absolute atomic E-state index is 13.0. The van der Waals surface area contributed by atoms with E-state index < -0.39 is 15.8 Å². The number of nitrogens with one attached hydrogen (secondary N) is 2. The minimum absolute atomic E-state index is 0.00604. The van der Waals surface area contributed by atoms with E-state index in [4.69, 9.17) is 0 Å². The molecule has 3 aromatic carbocycles. The van der Waals surface area contributed by atoms with Gasteiger partial charge in [-0.2, -0.15) is 0 Å². The van der Waals surface area contributed by atoms with Crippen molar-refractivity contribution in [2.45, 2.75) is 31.1 Å². The van der Waals surface area contributed by atoms with Gasteiger partial charge >= 0.3 is 0 Å². The predicted octanol–water partition coefficient (Wildman–Crippen LogP) is 5.18. The lowest BCUT2D eigenvalue weighted by Crippen LogP contribution is -2.15. The minimum atomic E-state index is -3.83. The number of hydrogen-bond acceptors (Lipinski definition) is 3. The molecule has 0 atom stereocenters. The van der Waals surface area contributed by atoms with Crippen LogP contribution in [0, 0.1) is 5.82 Å². The fourth-order valence-electron chi connectivity index (χ4n) is 2.77. The monoisotopic (exact) mass is 426 g/mol. The van der Waals surface area contributed by atoms with Crippen LogP contribution in [0.1, 0.15) is 36.7 Å². The molecule has 0 aliphatic heterocycles. The van der Waals surface area contributed by atoms with Crippen molar-refractivity contribution in [3.05, 3.63) is 89.7 Å². The first-order chi connectivity index (χ1) is 14.0. The summed E-state index contributed by atoms with van der Waals surface area (Å²) < 4.78 is 40.1. The number of anilines is 2. The Morgan fingerprint density at radius 1 is 0.800 bits per heavy atom. The van der Waals surface area contributed by atoms with Crippen molar-refractivity contribution >= 4 is 27.3 Å². The highest BCUT2D eigenvalue weighted by molar-refractivity contribution is 7.92. The summed E-state index contributed by atoms with van der Waals surface area (Å²) >= 11 is 0. The smallest absolute Gasteiger partial charge is 0.261 e. The van der Waals surface area contributed by atoms with Gasteiger partial charge in [-0.1, -0.05) is 32.9 Å². The zero-order valence-electron chi connectivity index (χ0n) is 16.9. The summed E-state index contributed by atoms with van der Waals surface area (Å²) in [6.07, 6.45) is 0. The second kappa shape index (κ2) is 8.28. The molecule has 3 rings (SSSR count). The normalized spacial score (nSPS) is 11.7. The quantitative estimate of drug-likeness (QED) is 0.591. The summed E-state index contributed by atoms with van der Waals surface area (Å²) in [5.41, 5.74) is 2.53. The van der Waals surface area contributed by atoms with Crippen molar-refractivity contribution in [2.24, 2.45) is 0 Å². The molecule has 2 N–H and O–H groups in total. The SMILES string of the molecule is CC(C)(C)c1ccc(C(=O)Nc2ccc(NS(=O)(=O)c3ccc(F)cc3)cc2)cc1. The molecule has 0 spiro atoms. The van der Waals surface area contributed by atoms with Crippen LogP contribution >= 0.6 is 0 Å². The summed E-state index contributed by atoms with van der Waals surface area (Å²) in [4.78, 5) is 12.4. The minimum Gasteiger partial charge on any atom is -0.322 e. The van der Waals surface area contributed by atoms with Crippen molar-refractivity contribution in [3.8, 4) is 0 Å². The highest BCUT2D eigenvalue weighted by Crippen LogP contribution is 2.23. The third kappa shape index (κ3) is 5.24. The molecule has 0 aromatic heterocycles. The summed E-state index contributed by atoms with van der Waals surface area (Å²) in [5, 5.41) is 2.79. The van der Waals surface area contributed by atoms with Crippen LogP contribution in [0.2, 0.25) is 0 Å². The standard InChI is InChI=1S/C23H23FN2O3S/c1-23(2,3)17-6-4-16(5-7-17)22(27)25-19-10-12-20(13-11-19)26-30(28,29)21-14-8-18(24)9-15-21/h4-15,26H,1-3H3,(H,25,27). The van der Waals surface area contributed by atoms with Crippen molar-refractivity contribution < 1.29 is 17.6 Å². The highest BCUT2D eigenvalue weighted by atomic mass is 32.2. The van der Waals surface area contributed by atoms with Gasteiger partial charge in [0.25, 0.3) is 15.9 Å². The summed E-state index contributed by atoms with van der Waals surface area (Å²) in [6, 6.07) is 18.3. The van der Waals surface area contributed by atoms with Gasteiger partial charge < -0.3 is 5.32 Å². The van der Waals surface area contributed by atoms with Gasteiger partial charge in [-0.05, 0) is 71.6 Å². The molecule has 0 saturated heterocycles. The Labute approximate surface area is 176 Å². The molecule has 0 bridgehead atoms. The molecule has 30 heavy (non-hydrogen) atoms. The van der Waals surface area contributed by atoms with Gasteiger partial charge in [0, 0.05) is 16.9 Å². The Kier molecular flexibility index (Phi) is 5.94. The maximum atomic E-state index is 13.0. The van der Waals surface area contributed by atoms with Gasteiger partial charge in [0.05, 0.1) is 4.90 Å². The second-order valence-corrected chi connectivity index (χ2v) is 9.60. The molecule has 1 amide bonds. The van der Waals surface area contributed by atoms with E-state index in [2.05, 4.69) is 30.8 Å². The van der Waals surface area contributed by atoms with E-state index in [1.807, 2.05) is 12.1 Å². The van der Waals surface area contributed by atoms with Gasteiger partial charge in [0.1, 0.15) is 5.82 Å². The van der Waals surface area contributed by atoms with Crippen molar-refractivity contribution in [1.29, 1.82) is 0 Å². The number of rotatable bonds is 5. The molecule has 0 heterocycles. The summed E-state index contributed by atoms with van der Waals surface area (Å²) in [5.74, 6) is -0.766. The van der Waals surface area contributed by atoms with Gasteiger partial charge in [-0.25, -0.2) is 12.8 Å². The van der Waals surface area contributed by atoms with Crippen LogP contribution in [0.5, 0.6) is 0 Å². The van der Waals surface area contributed by atoms with Crippen molar-refractivity contribution in [2.75, 3.05) is 10.0 Å².